The molecule has 1 amide bonds. The Morgan fingerprint density at radius 3 is 2.61 bits per heavy atom. The molecule has 0 saturated carbocycles. The monoisotopic (exact) mass is 329 g/mol. The van der Waals surface area contributed by atoms with Crippen LogP contribution in [0.15, 0.2) is 29.8 Å². The van der Waals surface area contributed by atoms with Gasteiger partial charge in [-0.25, -0.2) is 4.98 Å². The van der Waals surface area contributed by atoms with Crippen molar-refractivity contribution in [3.8, 4) is 0 Å². The van der Waals surface area contributed by atoms with Gasteiger partial charge in [-0.1, -0.05) is 18.9 Å². The Morgan fingerprint density at radius 1 is 1.22 bits per heavy atom. The molecular weight excluding hydrogens is 306 g/mol. The van der Waals surface area contributed by atoms with E-state index in [2.05, 4.69) is 27.3 Å². The molecule has 0 radical (unpaired) electrons. The number of hydrogen-bond acceptors (Lipinski definition) is 4. The lowest BCUT2D eigenvalue weighted by atomic mass is 10.2. The Labute approximate surface area is 141 Å². The molecule has 1 saturated heterocycles. The Kier molecular flexibility index (Phi) is 5.28. The van der Waals surface area contributed by atoms with Crippen molar-refractivity contribution in [2.75, 3.05) is 18.0 Å². The van der Waals surface area contributed by atoms with Crippen LogP contribution in [0.4, 0.5) is 5.82 Å². The van der Waals surface area contributed by atoms with Crippen molar-refractivity contribution >= 4 is 23.1 Å². The second kappa shape index (κ2) is 7.59. The number of pyridine rings is 1. The standard InChI is InChI=1S/C18H23N3OS/c1-14-8-11-23-17(14)18(22)20-13-15-6-7-16(19-12-15)21-9-4-2-3-5-10-21/h6-8,11-12H,2-5,9-10,13H2,1H3,(H,20,22). The van der Waals surface area contributed by atoms with Gasteiger partial charge in [0.25, 0.3) is 5.91 Å². The molecule has 1 fully saturated rings. The van der Waals surface area contributed by atoms with E-state index in [-0.39, 0.29) is 5.91 Å². The number of hydrogen-bond donors (Lipinski definition) is 1. The van der Waals surface area contributed by atoms with Crippen molar-refractivity contribution in [2.24, 2.45) is 0 Å². The van der Waals surface area contributed by atoms with Crippen molar-refractivity contribution in [3.63, 3.8) is 0 Å². The van der Waals surface area contributed by atoms with Gasteiger partial charge >= 0.3 is 0 Å². The largest absolute Gasteiger partial charge is 0.357 e. The van der Waals surface area contributed by atoms with Gasteiger partial charge in [-0.05, 0) is 48.4 Å². The molecule has 3 heterocycles. The minimum atomic E-state index is -0.00547. The second-order valence-corrected chi connectivity index (χ2v) is 6.96. The molecule has 122 valence electrons. The molecule has 2 aromatic heterocycles. The number of carbonyl (C=O) groups excluding carboxylic acids is 1. The van der Waals surface area contributed by atoms with Crippen LogP contribution in [0.3, 0.4) is 0 Å². The van der Waals surface area contributed by atoms with Gasteiger partial charge in [-0.3, -0.25) is 4.79 Å². The Morgan fingerprint density at radius 2 is 2.00 bits per heavy atom. The summed E-state index contributed by atoms with van der Waals surface area (Å²) < 4.78 is 0. The van der Waals surface area contributed by atoms with E-state index in [1.165, 1.54) is 37.0 Å². The minimum Gasteiger partial charge on any atom is -0.357 e. The van der Waals surface area contributed by atoms with Crippen LogP contribution < -0.4 is 10.2 Å². The maximum Gasteiger partial charge on any atom is 0.261 e. The van der Waals surface area contributed by atoms with E-state index in [4.69, 9.17) is 0 Å². The smallest absolute Gasteiger partial charge is 0.261 e. The molecule has 1 N–H and O–H groups in total. The van der Waals surface area contributed by atoms with Gasteiger partial charge in [0.2, 0.25) is 0 Å². The first-order valence-corrected chi connectivity index (χ1v) is 9.14. The van der Waals surface area contributed by atoms with Gasteiger partial charge in [0.1, 0.15) is 5.82 Å². The van der Waals surface area contributed by atoms with E-state index in [9.17, 15) is 4.79 Å². The summed E-state index contributed by atoms with van der Waals surface area (Å²) in [5.41, 5.74) is 2.06. The number of amides is 1. The number of anilines is 1. The summed E-state index contributed by atoms with van der Waals surface area (Å²) in [5, 5.41) is 4.92. The molecule has 0 atom stereocenters. The summed E-state index contributed by atoms with van der Waals surface area (Å²) in [5.74, 6) is 1.05. The molecule has 2 aromatic rings. The zero-order valence-electron chi connectivity index (χ0n) is 13.5. The number of rotatable bonds is 4. The normalized spacial score (nSPS) is 15.3. The van der Waals surface area contributed by atoms with Gasteiger partial charge < -0.3 is 10.2 Å². The highest BCUT2D eigenvalue weighted by Gasteiger charge is 2.12. The van der Waals surface area contributed by atoms with E-state index < -0.39 is 0 Å². The molecule has 0 spiro atoms. The summed E-state index contributed by atoms with van der Waals surface area (Å²) in [7, 11) is 0. The summed E-state index contributed by atoms with van der Waals surface area (Å²) in [6.45, 7) is 4.67. The molecular formula is C18H23N3OS. The highest BCUT2D eigenvalue weighted by Crippen LogP contribution is 2.18. The predicted molar refractivity (Wildman–Crippen MR) is 95.1 cm³/mol. The molecule has 23 heavy (non-hydrogen) atoms. The van der Waals surface area contributed by atoms with Gasteiger partial charge in [0, 0.05) is 25.8 Å². The Balaban J connectivity index is 1.57. The van der Waals surface area contributed by atoms with E-state index >= 15 is 0 Å². The first kappa shape index (κ1) is 16.0. The Hall–Kier alpha value is -1.88. The van der Waals surface area contributed by atoms with Crippen molar-refractivity contribution in [1.29, 1.82) is 0 Å². The lowest BCUT2D eigenvalue weighted by Gasteiger charge is -2.21. The minimum absolute atomic E-state index is 0.00547. The zero-order chi connectivity index (χ0) is 16.1. The summed E-state index contributed by atoms with van der Waals surface area (Å²) in [6.07, 6.45) is 7.02. The number of aryl methyl sites for hydroxylation is 1. The molecule has 5 heteroatoms. The summed E-state index contributed by atoms with van der Waals surface area (Å²) >= 11 is 1.48. The fraction of sp³-hybridized carbons (Fsp3) is 0.444. The molecule has 0 bridgehead atoms. The Bertz CT molecular complexity index is 643. The van der Waals surface area contributed by atoms with Crippen molar-refractivity contribution in [3.05, 3.63) is 45.8 Å². The topological polar surface area (TPSA) is 45.2 Å². The lowest BCUT2D eigenvalue weighted by molar-refractivity contribution is 0.0954. The molecule has 0 aromatic carbocycles. The second-order valence-electron chi connectivity index (χ2n) is 6.04. The first-order chi connectivity index (χ1) is 11.2. The van der Waals surface area contributed by atoms with E-state index in [0.29, 0.717) is 6.54 Å². The number of aromatic nitrogens is 1. The molecule has 4 nitrogen and oxygen atoms in total. The average Bonchev–Trinajstić information content (AvgIpc) is 2.84. The molecule has 3 rings (SSSR count). The van der Waals surface area contributed by atoms with E-state index in [1.807, 2.05) is 24.6 Å². The maximum atomic E-state index is 12.1. The summed E-state index contributed by atoms with van der Waals surface area (Å²) in [6, 6.07) is 6.11. The highest BCUT2D eigenvalue weighted by atomic mass is 32.1. The number of thiophene rings is 1. The number of nitrogens with zero attached hydrogens (tertiary/aromatic N) is 2. The predicted octanol–water partition coefficient (Wildman–Crippen LogP) is 3.76. The molecule has 0 unspecified atom stereocenters. The third-order valence-electron chi connectivity index (χ3n) is 4.26. The maximum absolute atomic E-state index is 12.1. The van der Waals surface area contributed by atoms with Crippen molar-refractivity contribution < 1.29 is 4.79 Å². The highest BCUT2D eigenvalue weighted by molar-refractivity contribution is 7.12. The van der Waals surface area contributed by atoms with Gasteiger partial charge in [0.05, 0.1) is 4.88 Å². The van der Waals surface area contributed by atoms with Crippen LogP contribution in [0.2, 0.25) is 0 Å². The number of nitrogens with one attached hydrogen (secondary N) is 1. The van der Waals surface area contributed by atoms with E-state index in [0.717, 1.165) is 34.9 Å². The zero-order valence-corrected chi connectivity index (χ0v) is 14.4. The van der Waals surface area contributed by atoms with Crippen LogP contribution in [0, 0.1) is 6.92 Å². The van der Waals surface area contributed by atoms with E-state index in [1.54, 1.807) is 0 Å². The molecule has 1 aliphatic heterocycles. The summed E-state index contributed by atoms with van der Waals surface area (Å²) in [4.78, 5) is 19.9. The van der Waals surface area contributed by atoms with Crippen LogP contribution in [0.1, 0.15) is 46.5 Å². The fourth-order valence-electron chi connectivity index (χ4n) is 2.88. The van der Waals surface area contributed by atoms with Crippen LogP contribution in [-0.2, 0) is 6.54 Å². The van der Waals surface area contributed by atoms with Gasteiger partial charge in [0.15, 0.2) is 0 Å². The van der Waals surface area contributed by atoms with Crippen LogP contribution in [0.25, 0.3) is 0 Å². The molecule has 1 aliphatic rings. The van der Waals surface area contributed by atoms with Crippen LogP contribution >= 0.6 is 11.3 Å². The molecule has 0 aliphatic carbocycles. The lowest BCUT2D eigenvalue weighted by Crippen LogP contribution is -2.25. The first-order valence-electron chi connectivity index (χ1n) is 8.26. The van der Waals surface area contributed by atoms with Gasteiger partial charge in [-0.2, -0.15) is 0 Å². The van der Waals surface area contributed by atoms with Crippen LogP contribution in [-0.4, -0.2) is 24.0 Å². The van der Waals surface area contributed by atoms with Crippen molar-refractivity contribution in [1.82, 2.24) is 10.3 Å². The van der Waals surface area contributed by atoms with Gasteiger partial charge in [-0.15, -0.1) is 11.3 Å². The third-order valence-corrected chi connectivity index (χ3v) is 5.28. The SMILES string of the molecule is Cc1ccsc1C(=O)NCc1ccc(N2CCCCCC2)nc1. The average molecular weight is 329 g/mol. The third kappa shape index (κ3) is 4.10. The quantitative estimate of drug-likeness (QED) is 0.929. The fourth-order valence-corrected chi connectivity index (χ4v) is 3.72. The number of carbonyl (C=O) groups is 1. The van der Waals surface area contributed by atoms with Crippen LogP contribution in [0.5, 0.6) is 0 Å². The van der Waals surface area contributed by atoms with Crippen molar-refractivity contribution in [2.45, 2.75) is 39.2 Å².